The lowest BCUT2D eigenvalue weighted by molar-refractivity contribution is -0.132. The molecule has 5 heteroatoms. The second-order valence-corrected chi connectivity index (χ2v) is 5.38. The van der Waals surface area contributed by atoms with Crippen molar-refractivity contribution < 1.29 is 9.18 Å². The van der Waals surface area contributed by atoms with Crippen molar-refractivity contribution in [1.29, 1.82) is 0 Å². The van der Waals surface area contributed by atoms with E-state index in [9.17, 15) is 9.18 Å². The average molecular weight is 301 g/mol. The molecule has 1 atom stereocenters. The van der Waals surface area contributed by atoms with Crippen molar-refractivity contribution in [1.82, 2.24) is 4.90 Å². The van der Waals surface area contributed by atoms with Gasteiger partial charge in [0.05, 0.1) is 0 Å². The zero-order chi connectivity index (χ0) is 13.8. The fraction of sp³-hybridized carbons (Fsp3) is 0.533. The molecule has 0 bridgehead atoms. The molecule has 1 saturated carbocycles. The maximum Gasteiger partial charge on any atom is 0.224 e. The average Bonchev–Trinajstić information content (AvgIpc) is 3.12. The molecule has 1 aromatic rings. The van der Waals surface area contributed by atoms with Crippen molar-refractivity contribution in [2.24, 2.45) is 5.73 Å². The van der Waals surface area contributed by atoms with E-state index in [4.69, 9.17) is 5.73 Å². The van der Waals surface area contributed by atoms with Gasteiger partial charge in [0.15, 0.2) is 0 Å². The number of amides is 1. The van der Waals surface area contributed by atoms with E-state index in [2.05, 4.69) is 0 Å². The Labute approximate surface area is 125 Å². The number of rotatable bonds is 6. The topological polar surface area (TPSA) is 46.3 Å². The second kappa shape index (κ2) is 7.60. The maximum atomic E-state index is 13.1. The summed E-state index contributed by atoms with van der Waals surface area (Å²) in [6.07, 6.45) is 3.24. The summed E-state index contributed by atoms with van der Waals surface area (Å²) in [4.78, 5) is 14.0. The number of carbonyl (C=O) groups is 1. The minimum Gasteiger partial charge on any atom is -0.339 e. The van der Waals surface area contributed by atoms with Gasteiger partial charge in [0.2, 0.25) is 5.91 Å². The van der Waals surface area contributed by atoms with Crippen LogP contribution >= 0.6 is 12.4 Å². The first-order valence-corrected chi connectivity index (χ1v) is 6.86. The van der Waals surface area contributed by atoms with Crippen LogP contribution in [0.25, 0.3) is 0 Å². The molecule has 0 spiro atoms. The van der Waals surface area contributed by atoms with Crippen LogP contribution in [-0.2, 0) is 11.2 Å². The number of nitrogens with two attached hydrogens (primary N) is 1. The highest BCUT2D eigenvalue weighted by molar-refractivity contribution is 5.85. The first-order valence-electron chi connectivity index (χ1n) is 6.86. The van der Waals surface area contributed by atoms with Crippen LogP contribution in [0.15, 0.2) is 24.3 Å². The summed E-state index contributed by atoms with van der Waals surface area (Å²) >= 11 is 0. The molecule has 2 rings (SSSR count). The molecule has 20 heavy (non-hydrogen) atoms. The number of hydrogen-bond acceptors (Lipinski definition) is 2. The van der Waals surface area contributed by atoms with E-state index in [0.29, 0.717) is 25.4 Å². The third kappa shape index (κ3) is 5.10. The second-order valence-electron chi connectivity index (χ2n) is 5.38. The Morgan fingerprint density at radius 1 is 1.50 bits per heavy atom. The zero-order valence-corrected chi connectivity index (χ0v) is 12.5. The fourth-order valence-electron chi connectivity index (χ4n) is 2.23. The molecule has 1 aromatic carbocycles. The highest BCUT2D eigenvalue weighted by Gasteiger charge is 2.32. The largest absolute Gasteiger partial charge is 0.339 e. The van der Waals surface area contributed by atoms with E-state index >= 15 is 0 Å². The Morgan fingerprint density at radius 3 is 2.75 bits per heavy atom. The molecule has 1 aliphatic carbocycles. The van der Waals surface area contributed by atoms with Gasteiger partial charge in [-0.05, 0) is 43.9 Å². The van der Waals surface area contributed by atoms with Crippen LogP contribution in [0.3, 0.4) is 0 Å². The molecule has 0 radical (unpaired) electrons. The van der Waals surface area contributed by atoms with Crippen molar-refractivity contribution >= 4 is 18.3 Å². The number of benzene rings is 1. The Bertz CT molecular complexity index is 449. The summed E-state index contributed by atoms with van der Waals surface area (Å²) in [6, 6.07) is 6.83. The van der Waals surface area contributed by atoms with Crippen LogP contribution in [0.1, 0.15) is 31.7 Å². The molecule has 2 N–H and O–H groups in total. The van der Waals surface area contributed by atoms with Gasteiger partial charge in [-0.3, -0.25) is 4.79 Å². The molecule has 3 nitrogen and oxygen atoms in total. The number of nitrogens with zero attached hydrogens (tertiary/aromatic N) is 1. The molecule has 1 amide bonds. The highest BCUT2D eigenvalue weighted by atomic mass is 35.5. The Hall–Kier alpha value is -1.13. The van der Waals surface area contributed by atoms with E-state index in [1.54, 1.807) is 6.07 Å². The normalized spacial score (nSPS) is 15.3. The molecule has 0 aliphatic heterocycles. The monoisotopic (exact) mass is 300 g/mol. The van der Waals surface area contributed by atoms with E-state index < -0.39 is 0 Å². The minimum absolute atomic E-state index is 0. The highest BCUT2D eigenvalue weighted by Crippen LogP contribution is 2.27. The van der Waals surface area contributed by atoms with E-state index in [-0.39, 0.29) is 30.2 Å². The summed E-state index contributed by atoms with van der Waals surface area (Å²) in [5.41, 5.74) is 6.61. The van der Waals surface area contributed by atoms with Crippen LogP contribution in [0.4, 0.5) is 4.39 Å². The summed E-state index contributed by atoms with van der Waals surface area (Å²) in [6.45, 7) is 2.50. The standard InChI is InChI=1S/C15H21FN2O.ClH/c1-11(17)9-15(19)18(14-5-6-14)8-7-12-3-2-4-13(16)10-12;/h2-4,10-11,14H,5-9,17H2,1H3;1H. The summed E-state index contributed by atoms with van der Waals surface area (Å²) < 4.78 is 13.1. The van der Waals surface area contributed by atoms with E-state index in [0.717, 1.165) is 18.4 Å². The van der Waals surface area contributed by atoms with Gasteiger partial charge < -0.3 is 10.6 Å². The Kier molecular flexibility index (Phi) is 6.43. The van der Waals surface area contributed by atoms with Crippen LogP contribution in [0.2, 0.25) is 0 Å². The number of carbonyl (C=O) groups excluding carboxylic acids is 1. The van der Waals surface area contributed by atoms with Crippen molar-refractivity contribution in [3.63, 3.8) is 0 Å². The van der Waals surface area contributed by atoms with Gasteiger partial charge in [-0.2, -0.15) is 0 Å². The molecule has 1 unspecified atom stereocenters. The van der Waals surface area contributed by atoms with Gasteiger partial charge in [0, 0.05) is 25.0 Å². The van der Waals surface area contributed by atoms with Crippen molar-refractivity contribution in [3.8, 4) is 0 Å². The SMILES string of the molecule is CC(N)CC(=O)N(CCc1cccc(F)c1)C1CC1.Cl. The minimum atomic E-state index is -0.225. The molecule has 112 valence electrons. The Balaban J connectivity index is 0.00000200. The van der Waals surface area contributed by atoms with Crippen LogP contribution in [0.5, 0.6) is 0 Å². The molecule has 0 heterocycles. The van der Waals surface area contributed by atoms with Gasteiger partial charge in [0.25, 0.3) is 0 Å². The zero-order valence-electron chi connectivity index (χ0n) is 11.7. The van der Waals surface area contributed by atoms with Crippen molar-refractivity contribution in [3.05, 3.63) is 35.6 Å². The third-order valence-corrected chi connectivity index (χ3v) is 3.33. The van der Waals surface area contributed by atoms with E-state index in [1.807, 2.05) is 17.9 Å². The van der Waals surface area contributed by atoms with Crippen LogP contribution in [0, 0.1) is 5.82 Å². The van der Waals surface area contributed by atoms with Gasteiger partial charge in [-0.25, -0.2) is 4.39 Å². The number of halogens is 2. The lowest BCUT2D eigenvalue weighted by atomic mass is 10.1. The quantitative estimate of drug-likeness (QED) is 0.877. The molecule has 1 fully saturated rings. The van der Waals surface area contributed by atoms with Crippen LogP contribution < -0.4 is 5.73 Å². The fourth-order valence-corrected chi connectivity index (χ4v) is 2.23. The first kappa shape index (κ1) is 16.9. The smallest absolute Gasteiger partial charge is 0.224 e. The first-order chi connectivity index (χ1) is 9.06. The predicted octanol–water partition coefficient (Wildman–Crippen LogP) is 2.52. The molecule has 0 saturated heterocycles. The lowest BCUT2D eigenvalue weighted by Gasteiger charge is -2.23. The molecule has 0 aromatic heterocycles. The van der Waals surface area contributed by atoms with Crippen molar-refractivity contribution in [2.45, 2.75) is 44.7 Å². The summed E-state index contributed by atoms with van der Waals surface area (Å²) in [7, 11) is 0. The Morgan fingerprint density at radius 2 is 2.20 bits per heavy atom. The molecule has 1 aliphatic rings. The summed E-state index contributed by atoms with van der Waals surface area (Å²) in [5, 5.41) is 0. The van der Waals surface area contributed by atoms with Gasteiger partial charge in [-0.1, -0.05) is 12.1 Å². The molecular formula is C15H22ClFN2O. The van der Waals surface area contributed by atoms with E-state index in [1.165, 1.54) is 12.1 Å². The van der Waals surface area contributed by atoms with Gasteiger partial charge in [-0.15, -0.1) is 12.4 Å². The van der Waals surface area contributed by atoms with Gasteiger partial charge >= 0.3 is 0 Å². The lowest BCUT2D eigenvalue weighted by Crippen LogP contribution is -2.37. The number of hydrogen-bond donors (Lipinski definition) is 1. The van der Waals surface area contributed by atoms with Gasteiger partial charge in [0.1, 0.15) is 5.82 Å². The van der Waals surface area contributed by atoms with Crippen LogP contribution in [-0.4, -0.2) is 29.4 Å². The summed E-state index contributed by atoms with van der Waals surface area (Å²) in [5.74, 6) is -0.105. The van der Waals surface area contributed by atoms with Crippen molar-refractivity contribution in [2.75, 3.05) is 6.54 Å². The maximum absolute atomic E-state index is 13.1. The predicted molar refractivity (Wildman–Crippen MR) is 80.4 cm³/mol. The molecular weight excluding hydrogens is 279 g/mol. The third-order valence-electron chi connectivity index (χ3n) is 3.33.